The van der Waals surface area contributed by atoms with Crippen LogP contribution in [0.2, 0.25) is 0 Å². The number of hydrogen-bond acceptors (Lipinski definition) is 4. The van der Waals surface area contributed by atoms with E-state index in [9.17, 15) is 9.90 Å². The molecule has 0 aromatic heterocycles. The number of rotatable bonds is 7. The molecule has 1 aliphatic heterocycles. The van der Waals surface area contributed by atoms with E-state index in [1.165, 1.54) is 0 Å². The van der Waals surface area contributed by atoms with E-state index in [2.05, 4.69) is 36.9 Å². The van der Waals surface area contributed by atoms with E-state index in [1.54, 1.807) is 7.05 Å². The highest BCUT2D eigenvalue weighted by Gasteiger charge is 2.34. The van der Waals surface area contributed by atoms with Gasteiger partial charge >= 0.3 is 0 Å². The van der Waals surface area contributed by atoms with Gasteiger partial charge in [-0.3, -0.25) is 9.79 Å². The zero-order chi connectivity index (χ0) is 19.0. The highest BCUT2D eigenvalue weighted by molar-refractivity contribution is 14.0. The van der Waals surface area contributed by atoms with Crippen LogP contribution in [0, 0.1) is 12.3 Å². The summed E-state index contributed by atoms with van der Waals surface area (Å²) in [7, 11) is 1.66. The Morgan fingerprint density at radius 2 is 2.19 bits per heavy atom. The van der Waals surface area contributed by atoms with E-state index in [4.69, 9.17) is 4.74 Å². The molecule has 1 heterocycles. The number of aliphatic hydroxyl groups is 1. The van der Waals surface area contributed by atoms with Gasteiger partial charge in [-0.2, -0.15) is 0 Å². The lowest BCUT2D eigenvalue weighted by Gasteiger charge is -2.27. The number of hydrogen-bond donors (Lipinski definition) is 4. The quantitative estimate of drug-likeness (QED) is 0.236. The van der Waals surface area contributed by atoms with Crippen LogP contribution in [0.25, 0.3) is 0 Å². The molecular weight excluding hydrogens is 527 g/mol. The summed E-state index contributed by atoms with van der Waals surface area (Å²) in [5, 5.41) is 18.4. The van der Waals surface area contributed by atoms with Gasteiger partial charge < -0.3 is 25.8 Å². The zero-order valence-electron chi connectivity index (χ0n) is 15.7. The van der Waals surface area contributed by atoms with Crippen LogP contribution >= 0.6 is 39.9 Å². The third-order valence-corrected chi connectivity index (χ3v) is 5.06. The summed E-state index contributed by atoms with van der Waals surface area (Å²) in [5.74, 6) is 0.402. The minimum absolute atomic E-state index is 0. The highest BCUT2D eigenvalue weighted by Crippen LogP contribution is 2.31. The van der Waals surface area contributed by atoms with Gasteiger partial charge in [0.05, 0.1) is 13.2 Å². The van der Waals surface area contributed by atoms with Gasteiger partial charge in [-0.05, 0) is 37.5 Å². The van der Waals surface area contributed by atoms with E-state index in [0.717, 1.165) is 22.1 Å². The van der Waals surface area contributed by atoms with Crippen LogP contribution in [0.3, 0.4) is 0 Å². The summed E-state index contributed by atoms with van der Waals surface area (Å²) < 4.78 is 6.40. The fourth-order valence-corrected chi connectivity index (χ4v) is 3.25. The topological polar surface area (TPSA) is 95.0 Å². The molecule has 7 nitrogen and oxygen atoms in total. The highest BCUT2D eigenvalue weighted by atomic mass is 127. The Labute approximate surface area is 185 Å². The lowest BCUT2D eigenvalue weighted by molar-refractivity contribution is -0.115. The monoisotopic (exact) mass is 554 g/mol. The lowest BCUT2D eigenvalue weighted by Crippen LogP contribution is -2.46. The Kier molecular flexibility index (Phi) is 10.6. The minimum Gasteiger partial charge on any atom is -0.396 e. The van der Waals surface area contributed by atoms with Gasteiger partial charge in [-0.25, -0.2) is 0 Å². The van der Waals surface area contributed by atoms with Crippen molar-refractivity contribution in [3.05, 3.63) is 28.2 Å². The molecule has 1 unspecified atom stereocenters. The molecule has 1 aliphatic rings. The fraction of sp³-hybridized carbons (Fsp3) is 0.556. The molecule has 9 heteroatoms. The third-order valence-electron chi connectivity index (χ3n) is 4.57. The second-order valence-electron chi connectivity index (χ2n) is 6.56. The van der Waals surface area contributed by atoms with Gasteiger partial charge in [0, 0.05) is 42.4 Å². The van der Waals surface area contributed by atoms with Crippen molar-refractivity contribution in [2.75, 3.05) is 45.3 Å². The van der Waals surface area contributed by atoms with Crippen molar-refractivity contribution >= 4 is 57.5 Å². The summed E-state index contributed by atoms with van der Waals surface area (Å²) in [5.41, 5.74) is 1.69. The van der Waals surface area contributed by atoms with Crippen molar-refractivity contribution in [2.24, 2.45) is 10.4 Å². The van der Waals surface area contributed by atoms with E-state index in [-0.39, 0.29) is 48.5 Å². The van der Waals surface area contributed by atoms with E-state index < -0.39 is 0 Å². The molecule has 1 amide bonds. The van der Waals surface area contributed by atoms with E-state index in [0.29, 0.717) is 32.1 Å². The number of benzene rings is 1. The lowest BCUT2D eigenvalue weighted by atomic mass is 9.84. The number of amides is 1. The van der Waals surface area contributed by atoms with Crippen molar-refractivity contribution in [2.45, 2.75) is 19.8 Å². The van der Waals surface area contributed by atoms with Crippen LogP contribution in [-0.4, -0.2) is 56.9 Å². The number of aliphatic hydroxyl groups excluding tert-OH is 1. The number of aliphatic imine (C=N–C) groups is 1. The predicted octanol–water partition coefficient (Wildman–Crippen LogP) is 2.27. The maximum Gasteiger partial charge on any atom is 0.243 e. The molecule has 0 saturated carbocycles. The largest absolute Gasteiger partial charge is 0.396 e. The molecule has 0 spiro atoms. The molecule has 4 N–H and O–H groups in total. The zero-order valence-corrected chi connectivity index (χ0v) is 19.6. The van der Waals surface area contributed by atoms with Gasteiger partial charge in [0.1, 0.15) is 0 Å². The summed E-state index contributed by atoms with van der Waals surface area (Å²) in [6.45, 7) is 4.16. The first-order valence-corrected chi connectivity index (χ1v) is 9.46. The molecule has 1 aromatic carbocycles. The van der Waals surface area contributed by atoms with Gasteiger partial charge in [-0.1, -0.05) is 22.0 Å². The average molecular weight is 555 g/mol. The van der Waals surface area contributed by atoms with Crippen molar-refractivity contribution in [3.8, 4) is 0 Å². The van der Waals surface area contributed by atoms with Crippen LogP contribution in [0.15, 0.2) is 27.7 Å². The summed E-state index contributed by atoms with van der Waals surface area (Å²) in [6, 6.07) is 5.75. The number of carbonyl (C=O) groups excluding carboxylic acids is 1. The van der Waals surface area contributed by atoms with Crippen LogP contribution < -0.4 is 16.0 Å². The van der Waals surface area contributed by atoms with Crippen molar-refractivity contribution in [1.82, 2.24) is 10.6 Å². The number of guanidine groups is 1. The molecular formula is C18H28BrIN4O3. The first-order valence-electron chi connectivity index (χ1n) is 8.67. The van der Waals surface area contributed by atoms with Crippen LogP contribution in [0.4, 0.5) is 5.69 Å². The Morgan fingerprint density at radius 1 is 1.41 bits per heavy atom. The normalized spacial score (nSPS) is 19.3. The number of anilines is 1. The Bertz CT molecular complexity index is 651. The summed E-state index contributed by atoms with van der Waals surface area (Å²) >= 11 is 3.41. The van der Waals surface area contributed by atoms with Crippen molar-refractivity contribution in [1.29, 1.82) is 0 Å². The number of ether oxygens (including phenoxy) is 1. The van der Waals surface area contributed by atoms with Crippen molar-refractivity contribution < 1.29 is 14.6 Å². The first-order chi connectivity index (χ1) is 12.5. The molecule has 1 atom stereocenters. The van der Waals surface area contributed by atoms with Gasteiger partial charge in [0.15, 0.2) is 5.96 Å². The van der Waals surface area contributed by atoms with E-state index in [1.807, 2.05) is 25.1 Å². The first kappa shape index (κ1) is 24.1. The fourth-order valence-electron chi connectivity index (χ4n) is 2.89. The van der Waals surface area contributed by atoms with Crippen LogP contribution in [-0.2, 0) is 9.53 Å². The van der Waals surface area contributed by atoms with Gasteiger partial charge in [0.2, 0.25) is 5.91 Å². The predicted molar refractivity (Wildman–Crippen MR) is 122 cm³/mol. The van der Waals surface area contributed by atoms with Gasteiger partial charge in [0.25, 0.3) is 0 Å². The third kappa shape index (κ3) is 7.55. The van der Waals surface area contributed by atoms with Gasteiger partial charge in [-0.15, -0.1) is 24.0 Å². The second-order valence-corrected chi connectivity index (χ2v) is 7.48. The number of nitrogens with zero attached hydrogens (tertiary/aromatic N) is 1. The van der Waals surface area contributed by atoms with Crippen LogP contribution in [0.1, 0.15) is 18.4 Å². The Hall–Kier alpha value is -0.910. The molecule has 2 rings (SSSR count). The molecule has 1 saturated heterocycles. The number of carbonyl (C=O) groups is 1. The van der Waals surface area contributed by atoms with E-state index >= 15 is 0 Å². The molecule has 27 heavy (non-hydrogen) atoms. The molecule has 1 fully saturated rings. The number of aryl methyl sites for hydroxylation is 1. The molecule has 1 aromatic rings. The minimum atomic E-state index is -0.150. The standard InChI is InChI=1S/C18H27BrN4O3.HI/c1-13-3-4-14(19)9-15(13)23-16(25)10-21-17(20-2)22-11-18(5-7-24)6-8-26-12-18;/h3-4,9,24H,5-8,10-12H2,1-2H3,(H,23,25)(H2,20,21,22);1H. The molecule has 0 bridgehead atoms. The average Bonchev–Trinajstić information content (AvgIpc) is 3.07. The summed E-state index contributed by atoms with van der Waals surface area (Å²) in [4.78, 5) is 16.4. The number of halogens is 2. The van der Waals surface area contributed by atoms with Crippen molar-refractivity contribution in [3.63, 3.8) is 0 Å². The summed E-state index contributed by atoms with van der Waals surface area (Å²) in [6.07, 6.45) is 1.58. The molecule has 0 radical (unpaired) electrons. The van der Waals surface area contributed by atoms with Crippen LogP contribution in [0.5, 0.6) is 0 Å². The molecule has 152 valence electrons. The Morgan fingerprint density at radius 3 is 2.81 bits per heavy atom. The molecule has 0 aliphatic carbocycles. The smallest absolute Gasteiger partial charge is 0.243 e. The SMILES string of the molecule is CN=C(NCC(=O)Nc1cc(Br)ccc1C)NCC1(CCO)CCOC1.I. The maximum absolute atomic E-state index is 12.2. The Balaban J connectivity index is 0.00000364. The number of nitrogens with one attached hydrogen (secondary N) is 3. The second kappa shape index (κ2) is 11.8. The maximum atomic E-state index is 12.2.